The number of fused-ring (bicyclic) bond motifs is 2. The molecule has 0 spiro atoms. The first kappa shape index (κ1) is 17.1. The zero-order chi connectivity index (χ0) is 17.4. The average molecular weight is 364 g/mol. The molecule has 0 unspecified atom stereocenters. The van der Waals surface area contributed by atoms with Crippen molar-refractivity contribution in [1.82, 2.24) is 4.31 Å². The van der Waals surface area contributed by atoms with Crippen molar-refractivity contribution >= 4 is 10.0 Å². The molecule has 0 aromatic heterocycles. The summed E-state index contributed by atoms with van der Waals surface area (Å²) in [6.45, 7) is 4.24. The molecule has 2 aliphatic carbocycles. The molecule has 136 valence electrons. The lowest BCUT2D eigenvalue weighted by atomic mass is 9.93. The zero-order valence-electron chi connectivity index (χ0n) is 14.7. The summed E-state index contributed by atoms with van der Waals surface area (Å²) >= 11 is 0. The van der Waals surface area contributed by atoms with Gasteiger partial charge in [-0.05, 0) is 48.9 Å². The molecule has 25 heavy (non-hydrogen) atoms. The summed E-state index contributed by atoms with van der Waals surface area (Å²) in [6.07, 6.45) is 7.47. The molecule has 1 aromatic carbocycles. The van der Waals surface area contributed by atoms with E-state index in [0.29, 0.717) is 23.7 Å². The van der Waals surface area contributed by atoms with Gasteiger partial charge in [0.25, 0.3) is 0 Å². The molecule has 1 aliphatic heterocycles. The SMILES string of the molecule is COc1ccc(S(=O)(=O)N2CC[NH+](C[C@@H]3C[C@H]4C=C[C@H]3C4)CC2)cc1. The quantitative estimate of drug-likeness (QED) is 0.788. The van der Waals surface area contributed by atoms with E-state index < -0.39 is 10.0 Å². The second-order valence-electron chi connectivity index (χ2n) is 7.57. The minimum atomic E-state index is -3.39. The molecule has 2 fully saturated rings. The highest BCUT2D eigenvalue weighted by Gasteiger charge is 2.39. The fourth-order valence-corrected chi connectivity index (χ4v) is 6.09. The van der Waals surface area contributed by atoms with E-state index in [1.54, 1.807) is 40.6 Å². The van der Waals surface area contributed by atoms with E-state index >= 15 is 0 Å². The second kappa shape index (κ2) is 6.74. The Balaban J connectivity index is 1.35. The van der Waals surface area contributed by atoms with Crippen molar-refractivity contribution in [3.63, 3.8) is 0 Å². The average Bonchev–Trinajstić information content (AvgIpc) is 3.25. The van der Waals surface area contributed by atoms with Crippen molar-refractivity contribution in [3.8, 4) is 5.75 Å². The van der Waals surface area contributed by atoms with Crippen LogP contribution in [0.5, 0.6) is 5.75 Å². The zero-order valence-corrected chi connectivity index (χ0v) is 15.5. The van der Waals surface area contributed by atoms with Crippen LogP contribution in [0, 0.1) is 17.8 Å². The third-order valence-electron chi connectivity index (χ3n) is 6.09. The molecule has 1 N–H and O–H groups in total. The number of ether oxygens (including phenoxy) is 1. The largest absolute Gasteiger partial charge is 0.497 e. The molecular weight excluding hydrogens is 336 g/mol. The number of sulfonamides is 1. The number of methoxy groups -OCH3 is 1. The van der Waals surface area contributed by atoms with Crippen LogP contribution in [-0.2, 0) is 10.0 Å². The minimum absolute atomic E-state index is 0.356. The fraction of sp³-hybridized carbons (Fsp3) is 0.579. The summed E-state index contributed by atoms with van der Waals surface area (Å²) in [5.74, 6) is 3.06. The number of piperazine rings is 1. The monoisotopic (exact) mass is 363 g/mol. The Kier molecular flexibility index (Phi) is 4.60. The van der Waals surface area contributed by atoms with Crippen LogP contribution < -0.4 is 9.64 Å². The maximum atomic E-state index is 12.8. The van der Waals surface area contributed by atoms with E-state index in [1.807, 2.05) is 0 Å². The van der Waals surface area contributed by atoms with Crippen LogP contribution in [0.3, 0.4) is 0 Å². The summed E-state index contributed by atoms with van der Waals surface area (Å²) in [4.78, 5) is 1.92. The highest BCUT2D eigenvalue weighted by molar-refractivity contribution is 7.89. The van der Waals surface area contributed by atoms with Crippen molar-refractivity contribution in [2.24, 2.45) is 17.8 Å². The van der Waals surface area contributed by atoms with Gasteiger partial charge in [-0.3, -0.25) is 0 Å². The number of rotatable bonds is 5. The topological polar surface area (TPSA) is 51.1 Å². The van der Waals surface area contributed by atoms with Gasteiger partial charge in [0.05, 0.1) is 44.7 Å². The second-order valence-corrected chi connectivity index (χ2v) is 9.51. The predicted molar refractivity (Wildman–Crippen MR) is 96.2 cm³/mol. The van der Waals surface area contributed by atoms with Crippen LogP contribution in [-0.4, -0.2) is 52.6 Å². The maximum Gasteiger partial charge on any atom is 0.243 e. The highest BCUT2D eigenvalue weighted by Crippen LogP contribution is 2.42. The summed E-state index contributed by atoms with van der Waals surface area (Å²) in [7, 11) is -1.81. The van der Waals surface area contributed by atoms with Gasteiger partial charge in [0.15, 0.2) is 0 Å². The number of hydrogen-bond donors (Lipinski definition) is 1. The molecule has 1 aromatic rings. The molecule has 2 bridgehead atoms. The van der Waals surface area contributed by atoms with Crippen LogP contribution >= 0.6 is 0 Å². The molecule has 1 saturated heterocycles. The van der Waals surface area contributed by atoms with Crippen LogP contribution in [0.2, 0.25) is 0 Å². The Hall–Kier alpha value is -1.37. The number of nitrogens with zero attached hydrogens (tertiary/aromatic N) is 1. The molecule has 0 amide bonds. The fourth-order valence-electron chi connectivity index (χ4n) is 4.64. The van der Waals surface area contributed by atoms with Crippen molar-refractivity contribution in [2.45, 2.75) is 17.7 Å². The number of benzene rings is 1. The Labute approximate surface area is 150 Å². The van der Waals surface area contributed by atoms with E-state index in [1.165, 1.54) is 19.4 Å². The lowest BCUT2D eigenvalue weighted by Crippen LogP contribution is -3.15. The van der Waals surface area contributed by atoms with Crippen LogP contribution in [0.25, 0.3) is 0 Å². The third kappa shape index (κ3) is 3.35. The molecule has 3 atom stereocenters. The van der Waals surface area contributed by atoms with E-state index in [2.05, 4.69) is 12.2 Å². The van der Waals surface area contributed by atoms with Gasteiger partial charge in [-0.2, -0.15) is 4.31 Å². The summed E-state index contributed by atoms with van der Waals surface area (Å²) in [5.41, 5.74) is 0. The molecule has 6 heteroatoms. The van der Waals surface area contributed by atoms with E-state index in [9.17, 15) is 8.42 Å². The first-order valence-corrected chi connectivity index (χ1v) is 10.7. The minimum Gasteiger partial charge on any atom is -0.497 e. The van der Waals surface area contributed by atoms with E-state index in [0.717, 1.165) is 30.8 Å². The van der Waals surface area contributed by atoms with Crippen LogP contribution in [0.1, 0.15) is 12.8 Å². The standard InChI is InChI=1S/C19H26N2O3S/c1-24-18-4-6-19(7-5-18)25(22,23)21-10-8-20(9-11-21)14-17-13-15-2-3-16(17)12-15/h2-7,15-17H,8-14H2,1H3/p+1/t15-,16-,17-/m0/s1. The van der Waals surface area contributed by atoms with Gasteiger partial charge in [0.1, 0.15) is 5.75 Å². The Bertz CT molecular complexity index is 736. The van der Waals surface area contributed by atoms with Crippen molar-refractivity contribution in [3.05, 3.63) is 36.4 Å². The molecule has 3 aliphatic rings. The van der Waals surface area contributed by atoms with Crippen LogP contribution in [0.15, 0.2) is 41.3 Å². The van der Waals surface area contributed by atoms with Gasteiger partial charge >= 0.3 is 0 Å². The van der Waals surface area contributed by atoms with Gasteiger partial charge < -0.3 is 9.64 Å². The molecule has 4 rings (SSSR count). The van der Waals surface area contributed by atoms with Crippen LogP contribution in [0.4, 0.5) is 0 Å². The van der Waals surface area contributed by atoms with E-state index in [4.69, 9.17) is 4.74 Å². The smallest absolute Gasteiger partial charge is 0.243 e. The van der Waals surface area contributed by atoms with Gasteiger partial charge in [-0.25, -0.2) is 8.42 Å². The molecule has 5 nitrogen and oxygen atoms in total. The number of allylic oxidation sites excluding steroid dienone is 2. The Morgan fingerprint density at radius 1 is 1.12 bits per heavy atom. The summed E-state index contributed by atoms with van der Waals surface area (Å²) < 4.78 is 32.4. The van der Waals surface area contributed by atoms with E-state index in [-0.39, 0.29) is 0 Å². The Morgan fingerprint density at radius 3 is 2.40 bits per heavy atom. The number of nitrogens with one attached hydrogen (secondary N) is 1. The highest BCUT2D eigenvalue weighted by atomic mass is 32.2. The number of quaternary nitrogens is 1. The van der Waals surface area contributed by atoms with Gasteiger partial charge in [0.2, 0.25) is 10.0 Å². The van der Waals surface area contributed by atoms with Crippen molar-refractivity contribution < 1.29 is 18.1 Å². The lowest BCUT2D eigenvalue weighted by Gasteiger charge is -2.33. The van der Waals surface area contributed by atoms with Crippen molar-refractivity contribution in [2.75, 3.05) is 39.8 Å². The van der Waals surface area contributed by atoms with Crippen molar-refractivity contribution in [1.29, 1.82) is 0 Å². The summed E-state index contributed by atoms with van der Waals surface area (Å²) in [6, 6.07) is 6.68. The first-order chi connectivity index (χ1) is 12.1. The molecular formula is C19H27N2O3S+. The normalized spacial score (nSPS) is 30.0. The predicted octanol–water partition coefficient (Wildman–Crippen LogP) is 0.797. The number of hydrogen-bond acceptors (Lipinski definition) is 3. The maximum absolute atomic E-state index is 12.8. The molecule has 1 saturated carbocycles. The lowest BCUT2D eigenvalue weighted by molar-refractivity contribution is -0.907. The molecule has 1 heterocycles. The summed E-state index contributed by atoms with van der Waals surface area (Å²) in [5, 5.41) is 0. The van der Waals surface area contributed by atoms with Gasteiger partial charge in [0, 0.05) is 5.92 Å². The van der Waals surface area contributed by atoms with Gasteiger partial charge in [-0.15, -0.1) is 0 Å². The van der Waals surface area contributed by atoms with Gasteiger partial charge in [-0.1, -0.05) is 12.2 Å². The first-order valence-electron chi connectivity index (χ1n) is 9.22. The Morgan fingerprint density at radius 2 is 1.84 bits per heavy atom. The molecule has 0 radical (unpaired) electrons. The third-order valence-corrected chi connectivity index (χ3v) is 8.01.